The highest BCUT2D eigenvalue weighted by molar-refractivity contribution is 4.98. The number of aliphatic hydroxyl groups excluding tert-OH is 7. The fourth-order valence-electron chi connectivity index (χ4n) is 5.22. The summed E-state index contributed by atoms with van der Waals surface area (Å²) in [4.78, 5) is 0. The van der Waals surface area contributed by atoms with Gasteiger partial charge in [-0.15, -0.1) is 0 Å². The van der Waals surface area contributed by atoms with Crippen molar-refractivity contribution < 1.29 is 54.7 Å². The second-order valence-electron chi connectivity index (χ2n) is 11.0. The average molecular weight is 567 g/mol. The van der Waals surface area contributed by atoms with Crippen molar-refractivity contribution in [3.8, 4) is 0 Å². The molecule has 11 heteroatoms. The van der Waals surface area contributed by atoms with Crippen molar-refractivity contribution in [2.75, 3.05) is 26.4 Å². The van der Waals surface area contributed by atoms with Crippen LogP contribution in [0.4, 0.5) is 0 Å². The SMILES string of the molecule is CCCCCCCCCCCCCCCCOC[C@H]1O[C@@](CO)(O[C@H]2O[C@H](CO)[C@@H](O)[C@H](O)[C@H]2O)[C@@H](O)[C@@H]1O. The van der Waals surface area contributed by atoms with E-state index in [0.29, 0.717) is 6.61 Å². The summed E-state index contributed by atoms with van der Waals surface area (Å²) < 4.78 is 22.1. The van der Waals surface area contributed by atoms with E-state index in [4.69, 9.17) is 18.9 Å². The first-order valence-electron chi connectivity index (χ1n) is 15.0. The van der Waals surface area contributed by atoms with E-state index in [9.17, 15) is 35.7 Å². The summed E-state index contributed by atoms with van der Waals surface area (Å²) in [7, 11) is 0. The number of ether oxygens (including phenoxy) is 4. The van der Waals surface area contributed by atoms with Crippen LogP contribution in [-0.2, 0) is 18.9 Å². The van der Waals surface area contributed by atoms with Gasteiger partial charge in [0.05, 0.1) is 13.2 Å². The lowest BCUT2D eigenvalue weighted by Crippen LogP contribution is -2.62. The molecule has 9 atom stereocenters. The second-order valence-corrected chi connectivity index (χ2v) is 11.0. The zero-order chi connectivity index (χ0) is 28.7. The van der Waals surface area contributed by atoms with E-state index < -0.39 is 68.0 Å². The van der Waals surface area contributed by atoms with Crippen molar-refractivity contribution in [1.29, 1.82) is 0 Å². The van der Waals surface area contributed by atoms with Gasteiger partial charge in [-0.1, -0.05) is 90.4 Å². The summed E-state index contributed by atoms with van der Waals surface area (Å²) in [5, 5.41) is 70.4. The summed E-state index contributed by atoms with van der Waals surface area (Å²) >= 11 is 0. The van der Waals surface area contributed by atoms with Crippen LogP contribution >= 0.6 is 0 Å². The van der Waals surface area contributed by atoms with Gasteiger partial charge < -0.3 is 54.7 Å². The fraction of sp³-hybridized carbons (Fsp3) is 1.00. The van der Waals surface area contributed by atoms with Gasteiger partial charge >= 0.3 is 0 Å². The van der Waals surface area contributed by atoms with Gasteiger partial charge in [-0.25, -0.2) is 0 Å². The Bertz CT molecular complexity index is 624. The van der Waals surface area contributed by atoms with Crippen LogP contribution < -0.4 is 0 Å². The largest absolute Gasteiger partial charge is 0.394 e. The first-order valence-corrected chi connectivity index (χ1v) is 15.0. The second kappa shape index (κ2) is 18.9. The Morgan fingerprint density at radius 3 is 1.69 bits per heavy atom. The molecule has 0 radical (unpaired) electrons. The van der Waals surface area contributed by atoms with Crippen molar-refractivity contribution in [2.45, 2.75) is 152 Å². The van der Waals surface area contributed by atoms with E-state index in [1.165, 1.54) is 70.6 Å². The maximum atomic E-state index is 10.6. The topological polar surface area (TPSA) is 179 Å². The van der Waals surface area contributed by atoms with E-state index in [1.807, 2.05) is 0 Å². The predicted molar refractivity (Wildman–Crippen MR) is 143 cm³/mol. The van der Waals surface area contributed by atoms with Crippen LogP contribution in [0.3, 0.4) is 0 Å². The molecule has 11 nitrogen and oxygen atoms in total. The quantitative estimate of drug-likeness (QED) is 0.0990. The summed E-state index contributed by atoms with van der Waals surface area (Å²) in [5.74, 6) is -2.16. The van der Waals surface area contributed by atoms with Gasteiger partial charge in [-0.3, -0.25) is 0 Å². The van der Waals surface area contributed by atoms with E-state index in [2.05, 4.69) is 6.92 Å². The zero-order valence-electron chi connectivity index (χ0n) is 23.6. The molecular weight excluding hydrogens is 512 g/mol. The van der Waals surface area contributed by atoms with Crippen LogP contribution in [0.1, 0.15) is 96.8 Å². The fourth-order valence-corrected chi connectivity index (χ4v) is 5.22. The molecule has 0 amide bonds. The molecule has 0 unspecified atom stereocenters. The minimum absolute atomic E-state index is 0.0452. The summed E-state index contributed by atoms with van der Waals surface area (Å²) in [6.45, 7) is 1.10. The maximum Gasteiger partial charge on any atom is 0.224 e. The van der Waals surface area contributed by atoms with Crippen LogP contribution in [0.15, 0.2) is 0 Å². The van der Waals surface area contributed by atoms with E-state index >= 15 is 0 Å². The van der Waals surface area contributed by atoms with E-state index in [0.717, 1.165) is 19.3 Å². The zero-order valence-corrected chi connectivity index (χ0v) is 23.6. The van der Waals surface area contributed by atoms with Crippen molar-refractivity contribution in [1.82, 2.24) is 0 Å². The van der Waals surface area contributed by atoms with Gasteiger partial charge in [0.1, 0.15) is 49.3 Å². The Labute approximate surface area is 233 Å². The lowest BCUT2D eigenvalue weighted by Gasteiger charge is -2.43. The van der Waals surface area contributed by atoms with Gasteiger partial charge in [0.25, 0.3) is 0 Å². The minimum Gasteiger partial charge on any atom is -0.394 e. The Hall–Kier alpha value is -0.440. The number of aliphatic hydroxyl groups is 7. The van der Waals surface area contributed by atoms with E-state index in [-0.39, 0.29) is 6.61 Å². The van der Waals surface area contributed by atoms with Gasteiger partial charge in [-0.2, -0.15) is 0 Å². The van der Waals surface area contributed by atoms with Crippen LogP contribution in [0.5, 0.6) is 0 Å². The number of unbranched alkanes of at least 4 members (excludes halogenated alkanes) is 13. The molecule has 0 aliphatic carbocycles. The molecule has 0 bridgehead atoms. The maximum absolute atomic E-state index is 10.6. The van der Waals surface area contributed by atoms with E-state index in [1.54, 1.807) is 0 Å². The molecule has 2 aliphatic heterocycles. The molecule has 2 fully saturated rings. The third-order valence-electron chi connectivity index (χ3n) is 7.81. The predicted octanol–water partition coefficient (Wildman–Crippen LogP) is 1.11. The molecule has 0 aromatic rings. The van der Waals surface area contributed by atoms with Crippen molar-refractivity contribution in [3.05, 3.63) is 0 Å². The Kier molecular flexibility index (Phi) is 16.8. The molecular formula is C28H54O11. The minimum atomic E-state index is -2.16. The lowest BCUT2D eigenvalue weighted by molar-refractivity contribution is -0.383. The standard InChI is InChI=1S/C28H54O11/c1-2-3-4-5-6-7-8-9-10-11-12-13-14-15-16-36-18-21-23(32)26(35)28(19-30,38-21)39-27-25(34)24(33)22(31)20(17-29)37-27/h20-27,29-35H,2-19H2,1H3/t20-,21-,22-,23-,24+,25-,26+,27-,28+/m1/s1. The first-order chi connectivity index (χ1) is 18.8. The molecule has 0 saturated carbocycles. The highest BCUT2D eigenvalue weighted by Gasteiger charge is 2.58. The van der Waals surface area contributed by atoms with Crippen molar-refractivity contribution in [2.24, 2.45) is 0 Å². The molecule has 7 N–H and O–H groups in total. The molecule has 2 rings (SSSR count). The molecule has 0 aromatic carbocycles. The van der Waals surface area contributed by atoms with Gasteiger partial charge in [-0.05, 0) is 6.42 Å². The number of hydrogen-bond donors (Lipinski definition) is 7. The van der Waals surface area contributed by atoms with Gasteiger partial charge in [0.2, 0.25) is 5.79 Å². The lowest BCUT2D eigenvalue weighted by atomic mass is 9.99. The Balaban J connectivity index is 1.60. The highest BCUT2D eigenvalue weighted by atomic mass is 16.8. The molecule has 232 valence electrons. The van der Waals surface area contributed by atoms with Gasteiger partial charge in [0.15, 0.2) is 6.29 Å². The molecule has 2 saturated heterocycles. The number of rotatable bonds is 21. The molecule has 2 heterocycles. The first kappa shape index (κ1) is 34.8. The molecule has 0 aromatic heterocycles. The number of hydrogen-bond acceptors (Lipinski definition) is 11. The summed E-state index contributed by atoms with van der Waals surface area (Å²) in [5.41, 5.74) is 0. The molecule has 2 aliphatic rings. The van der Waals surface area contributed by atoms with Gasteiger partial charge in [0, 0.05) is 6.61 Å². The van der Waals surface area contributed by atoms with Crippen molar-refractivity contribution >= 4 is 0 Å². The Morgan fingerprint density at radius 2 is 1.18 bits per heavy atom. The van der Waals surface area contributed by atoms with Crippen LogP contribution in [0, 0.1) is 0 Å². The van der Waals surface area contributed by atoms with Crippen LogP contribution in [0.25, 0.3) is 0 Å². The van der Waals surface area contributed by atoms with Crippen LogP contribution in [0.2, 0.25) is 0 Å². The normalized spacial score (nSPS) is 35.1. The monoisotopic (exact) mass is 566 g/mol. The molecule has 0 spiro atoms. The smallest absolute Gasteiger partial charge is 0.224 e. The highest BCUT2D eigenvalue weighted by Crippen LogP contribution is 2.36. The summed E-state index contributed by atoms with van der Waals surface area (Å²) in [6.07, 6.45) is 5.50. The summed E-state index contributed by atoms with van der Waals surface area (Å²) in [6, 6.07) is 0. The third-order valence-corrected chi connectivity index (χ3v) is 7.81. The van der Waals surface area contributed by atoms with Crippen molar-refractivity contribution in [3.63, 3.8) is 0 Å². The Morgan fingerprint density at radius 1 is 0.641 bits per heavy atom. The average Bonchev–Trinajstić information content (AvgIpc) is 3.17. The van der Waals surface area contributed by atoms with Crippen LogP contribution in [-0.4, -0.2) is 117 Å². The third kappa shape index (κ3) is 10.7. The molecule has 39 heavy (non-hydrogen) atoms.